The molecule has 0 atom stereocenters. The molecule has 2 rings (SSSR count). The number of rotatable bonds is 9. The van der Waals surface area contributed by atoms with E-state index in [1.807, 2.05) is 4.74 Å². The summed E-state index contributed by atoms with van der Waals surface area (Å²) >= 11 is 7.86. The zero-order valence-electron chi connectivity index (χ0n) is 18.5. The average molecular weight is 685 g/mol. The van der Waals surface area contributed by atoms with Gasteiger partial charge in [-0.2, -0.15) is 43.9 Å². The summed E-state index contributed by atoms with van der Waals surface area (Å²) in [5.41, 5.74) is -2.50. The van der Waals surface area contributed by atoms with Crippen LogP contribution in [0.15, 0.2) is 53.0 Å². The van der Waals surface area contributed by atoms with Crippen LogP contribution in [0.1, 0.15) is 15.9 Å². The third-order valence-electron chi connectivity index (χ3n) is 4.43. The fourth-order valence-corrected chi connectivity index (χ4v) is 3.28. The van der Waals surface area contributed by atoms with Gasteiger partial charge < -0.3 is 5.32 Å². The zero-order chi connectivity index (χ0) is 30.9. The van der Waals surface area contributed by atoms with Crippen LogP contribution >= 0.6 is 28.1 Å². The van der Waals surface area contributed by atoms with Crippen molar-refractivity contribution in [1.82, 2.24) is 5.32 Å². The first kappa shape index (κ1) is 33.5. The Morgan fingerprint density at radius 3 is 1.85 bits per heavy atom. The molecule has 0 saturated carbocycles. The number of hydrogen-bond donors (Lipinski definition) is 2. The molecule has 2 aromatic rings. The van der Waals surface area contributed by atoms with E-state index in [1.54, 1.807) is 10.8 Å². The molecule has 5 nitrogen and oxygen atoms in total. The Balaban J connectivity index is 2.26. The molecular weight excluding hydrogens is 675 g/mol. The van der Waals surface area contributed by atoms with E-state index in [0.717, 1.165) is 6.07 Å². The van der Waals surface area contributed by atoms with Gasteiger partial charge in [-0.15, -0.1) is 13.2 Å². The van der Waals surface area contributed by atoms with E-state index in [-0.39, 0.29) is 17.7 Å². The van der Waals surface area contributed by atoms with Crippen LogP contribution < -0.4 is 10.6 Å². The number of nitrogens with one attached hydrogen (secondary N) is 2. The second kappa shape index (κ2) is 11.3. The van der Waals surface area contributed by atoms with Gasteiger partial charge in [0.2, 0.25) is 0 Å². The Morgan fingerprint density at radius 2 is 1.30 bits per heavy atom. The predicted molar refractivity (Wildman–Crippen MR) is 116 cm³/mol. The second-order valence-electron chi connectivity index (χ2n) is 7.32. The Hall–Kier alpha value is -2.71. The molecule has 222 valence electrons. The number of amides is 1. The standard InChI is InChI=1S/C20H10BrF13N2O3S/c21-12-7-2-1-6-11(12)13(37)36-14(40)35-10-5-3-4-9(8-10)15(22,23)17(26,27)38-18(28,29)16(24,25)19(30,31)39-20(32,33)34/h1-8H,(H2,35,36,37,40). The first-order chi connectivity index (χ1) is 17.9. The largest absolute Gasteiger partial charge is 0.527 e. The molecule has 0 fully saturated rings. The number of thiocarbonyl (C=S) groups is 1. The van der Waals surface area contributed by atoms with Gasteiger partial charge in [0.15, 0.2) is 5.11 Å². The highest BCUT2D eigenvalue weighted by Crippen LogP contribution is 2.54. The maximum atomic E-state index is 14.4. The van der Waals surface area contributed by atoms with Gasteiger partial charge in [-0.05, 0) is 52.4 Å². The molecule has 0 aromatic heterocycles. The van der Waals surface area contributed by atoms with Gasteiger partial charge in [-0.1, -0.05) is 24.3 Å². The summed E-state index contributed by atoms with van der Waals surface area (Å²) in [6, 6.07) is 7.56. The van der Waals surface area contributed by atoms with Crippen molar-refractivity contribution >= 4 is 44.9 Å². The summed E-state index contributed by atoms with van der Waals surface area (Å²) in [5.74, 6) is -14.4. The molecule has 0 radical (unpaired) electrons. The molecule has 0 bridgehead atoms. The molecule has 0 unspecified atom stereocenters. The first-order valence-electron chi connectivity index (χ1n) is 9.77. The van der Waals surface area contributed by atoms with E-state index >= 15 is 0 Å². The summed E-state index contributed by atoms with van der Waals surface area (Å²) in [5, 5.41) is 3.62. The highest BCUT2D eigenvalue weighted by molar-refractivity contribution is 9.10. The van der Waals surface area contributed by atoms with Crippen molar-refractivity contribution in [2.24, 2.45) is 0 Å². The molecule has 40 heavy (non-hydrogen) atoms. The van der Waals surface area contributed by atoms with E-state index in [1.165, 1.54) is 18.2 Å². The van der Waals surface area contributed by atoms with Gasteiger partial charge in [-0.3, -0.25) is 10.1 Å². The summed E-state index contributed by atoms with van der Waals surface area (Å²) in [7, 11) is 0. The molecule has 0 aliphatic heterocycles. The Labute approximate surface area is 227 Å². The van der Waals surface area contributed by atoms with Gasteiger partial charge in [0.25, 0.3) is 5.91 Å². The zero-order valence-corrected chi connectivity index (χ0v) is 20.9. The van der Waals surface area contributed by atoms with Gasteiger partial charge >= 0.3 is 36.5 Å². The molecule has 1 amide bonds. The van der Waals surface area contributed by atoms with Crippen LogP contribution in [0.5, 0.6) is 0 Å². The Morgan fingerprint density at radius 1 is 0.750 bits per heavy atom. The molecule has 2 aromatic carbocycles. The summed E-state index contributed by atoms with van der Waals surface area (Å²) in [6.07, 6.45) is -28.0. The van der Waals surface area contributed by atoms with Crippen molar-refractivity contribution in [1.29, 1.82) is 0 Å². The second-order valence-corrected chi connectivity index (χ2v) is 8.58. The number of benzene rings is 2. The highest BCUT2D eigenvalue weighted by Gasteiger charge is 2.80. The van der Waals surface area contributed by atoms with Crippen molar-refractivity contribution in [2.75, 3.05) is 5.32 Å². The summed E-state index contributed by atoms with van der Waals surface area (Å²) < 4.78 is 177. The lowest BCUT2D eigenvalue weighted by Crippen LogP contribution is -2.61. The van der Waals surface area contributed by atoms with Crippen LogP contribution in [0, 0.1) is 0 Å². The lowest BCUT2D eigenvalue weighted by atomic mass is 10.1. The van der Waals surface area contributed by atoms with Crippen molar-refractivity contribution in [3.05, 3.63) is 64.1 Å². The van der Waals surface area contributed by atoms with Crippen LogP contribution in [-0.2, 0) is 15.4 Å². The average Bonchev–Trinajstić information content (AvgIpc) is 2.76. The molecular formula is C20H10BrF13N2O3S. The van der Waals surface area contributed by atoms with E-state index in [0.29, 0.717) is 10.5 Å². The SMILES string of the molecule is O=C(NC(=S)Nc1cccc(C(F)(F)C(F)(F)OC(F)(F)C(F)(F)C(F)(F)OC(F)(F)F)c1)c1ccccc1Br. The van der Waals surface area contributed by atoms with E-state index in [4.69, 9.17) is 12.2 Å². The van der Waals surface area contributed by atoms with E-state index < -0.39 is 58.8 Å². The number of ether oxygens (including phenoxy) is 2. The number of halogens is 14. The minimum Gasteiger partial charge on any atom is -0.332 e. The third-order valence-corrected chi connectivity index (χ3v) is 5.32. The van der Waals surface area contributed by atoms with Gasteiger partial charge in [-0.25, -0.2) is 9.47 Å². The summed E-state index contributed by atoms with van der Waals surface area (Å²) in [6.45, 7) is 0. The molecule has 0 saturated heterocycles. The number of carbonyl (C=O) groups is 1. The lowest BCUT2D eigenvalue weighted by Gasteiger charge is -2.35. The van der Waals surface area contributed by atoms with Crippen LogP contribution in [0.25, 0.3) is 0 Å². The fraction of sp³-hybridized carbons (Fsp3) is 0.300. The van der Waals surface area contributed by atoms with Crippen molar-refractivity contribution in [2.45, 2.75) is 36.5 Å². The maximum Gasteiger partial charge on any atom is 0.527 e. The molecule has 0 heterocycles. The van der Waals surface area contributed by atoms with Crippen molar-refractivity contribution in [3.63, 3.8) is 0 Å². The van der Waals surface area contributed by atoms with Crippen LogP contribution in [-0.4, -0.2) is 41.6 Å². The Bertz CT molecular complexity index is 1260. The Kier molecular flexibility index (Phi) is 9.45. The molecule has 0 spiro atoms. The maximum absolute atomic E-state index is 14.4. The smallest absolute Gasteiger partial charge is 0.332 e. The quantitative estimate of drug-likeness (QED) is 0.210. The van der Waals surface area contributed by atoms with Crippen LogP contribution in [0.3, 0.4) is 0 Å². The van der Waals surface area contributed by atoms with Gasteiger partial charge in [0.1, 0.15) is 0 Å². The number of hydrogen-bond acceptors (Lipinski definition) is 4. The van der Waals surface area contributed by atoms with Crippen molar-refractivity contribution < 1.29 is 71.3 Å². The molecule has 0 aliphatic carbocycles. The molecule has 2 N–H and O–H groups in total. The monoisotopic (exact) mass is 684 g/mol. The van der Waals surface area contributed by atoms with E-state index in [9.17, 15) is 61.9 Å². The summed E-state index contributed by atoms with van der Waals surface area (Å²) in [4.78, 5) is 12.2. The van der Waals surface area contributed by atoms with Gasteiger partial charge in [0, 0.05) is 15.7 Å². The predicted octanol–water partition coefficient (Wildman–Crippen LogP) is 7.63. The first-order valence-corrected chi connectivity index (χ1v) is 11.0. The fourth-order valence-electron chi connectivity index (χ4n) is 2.61. The third kappa shape index (κ3) is 7.32. The van der Waals surface area contributed by atoms with Gasteiger partial charge in [0.05, 0.1) is 5.56 Å². The lowest BCUT2D eigenvalue weighted by molar-refractivity contribution is -0.535. The molecule has 20 heteroatoms. The van der Waals surface area contributed by atoms with Crippen LogP contribution in [0.2, 0.25) is 0 Å². The number of carbonyl (C=O) groups excluding carboxylic acids is 1. The van der Waals surface area contributed by atoms with E-state index in [2.05, 4.69) is 26.6 Å². The minimum absolute atomic E-state index is 0.0488. The molecule has 0 aliphatic rings. The normalized spacial score (nSPS) is 13.7. The number of anilines is 1. The number of alkyl halides is 13. The highest BCUT2D eigenvalue weighted by atomic mass is 79.9. The van der Waals surface area contributed by atoms with Crippen LogP contribution in [0.4, 0.5) is 62.8 Å². The topological polar surface area (TPSA) is 59.6 Å². The van der Waals surface area contributed by atoms with Crippen molar-refractivity contribution in [3.8, 4) is 0 Å². The minimum atomic E-state index is -7.53.